The summed E-state index contributed by atoms with van der Waals surface area (Å²) in [6.45, 7) is 3.72. The average molecular weight is 354 g/mol. The lowest BCUT2D eigenvalue weighted by atomic mass is 10.2. The molecule has 134 valence electrons. The molecule has 0 saturated carbocycles. The Labute approximate surface area is 149 Å². The molecule has 1 N–H and O–H groups in total. The van der Waals surface area contributed by atoms with Crippen LogP contribution in [0.25, 0.3) is 5.78 Å². The SMILES string of the molecule is COc1ccc(C=NNC(=O)c2nc3nc(C)cc(C)n3n2)cc1OC. The van der Waals surface area contributed by atoms with E-state index in [1.54, 1.807) is 32.4 Å². The summed E-state index contributed by atoms with van der Waals surface area (Å²) in [5.41, 5.74) is 4.78. The van der Waals surface area contributed by atoms with E-state index in [1.165, 1.54) is 10.7 Å². The van der Waals surface area contributed by atoms with Gasteiger partial charge in [0.25, 0.3) is 5.78 Å². The topological polar surface area (TPSA) is 103 Å². The van der Waals surface area contributed by atoms with Crippen LogP contribution in [0.1, 0.15) is 27.6 Å². The largest absolute Gasteiger partial charge is 0.493 e. The molecule has 2 heterocycles. The third kappa shape index (κ3) is 3.46. The van der Waals surface area contributed by atoms with Crippen LogP contribution in [-0.2, 0) is 0 Å². The second kappa shape index (κ2) is 7.18. The van der Waals surface area contributed by atoms with Crippen LogP contribution in [0.3, 0.4) is 0 Å². The van der Waals surface area contributed by atoms with Crippen molar-refractivity contribution in [2.75, 3.05) is 14.2 Å². The van der Waals surface area contributed by atoms with Gasteiger partial charge in [0.2, 0.25) is 5.82 Å². The molecule has 0 radical (unpaired) electrons. The predicted octanol–water partition coefficient (Wildman–Crippen LogP) is 1.52. The third-order valence-corrected chi connectivity index (χ3v) is 3.61. The zero-order chi connectivity index (χ0) is 18.7. The normalized spacial score (nSPS) is 11.1. The van der Waals surface area contributed by atoms with E-state index in [4.69, 9.17) is 9.47 Å². The van der Waals surface area contributed by atoms with E-state index in [9.17, 15) is 4.79 Å². The number of benzene rings is 1. The van der Waals surface area contributed by atoms with Crippen molar-refractivity contribution in [1.29, 1.82) is 0 Å². The number of nitrogens with one attached hydrogen (secondary N) is 1. The number of carbonyl (C=O) groups excluding carboxylic acids is 1. The molecule has 0 fully saturated rings. The van der Waals surface area contributed by atoms with E-state index in [0.29, 0.717) is 17.3 Å². The van der Waals surface area contributed by atoms with Crippen LogP contribution >= 0.6 is 0 Å². The number of hydrazone groups is 1. The lowest BCUT2D eigenvalue weighted by molar-refractivity contribution is 0.0945. The molecule has 9 heteroatoms. The highest BCUT2D eigenvalue weighted by atomic mass is 16.5. The first-order valence-electron chi connectivity index (χ1n) is 7.78. The van der Waals surface area contributed by atoms with Crippen LogP contribution in [0.5, 0.6) is 11.5 Å². The first-order valence-corrected chi connectivity index (χ1v) is 7.78. The molecule has 0 spiro atoms. The van der Waals surface area contributed by atoms with E-state index < -0.39 is 5.91 Å². The molecule has 1 amide bonds. The van der Waals surface area contributed by atoms with Gasteiger partial charge in [-0.1, -0.05) is 0 Å². The van der Waals surface area contributed by atoms with Crippen LogP contribution in [0.2, 0.25) is 0 Å². The number of aromatic nitrogens is 4. The average Bonchev–Trinajstić information content (AvgIpc) is 3.06. The highest BCUT2D eigenvalue weighted by Crippen LogP contribution is 2.26. The maximum Gasteiger partial charge on any atom is 0.311 e. The summed E-state index contributed by atoms with van der Waals surface area (Å²) >= 11 is 0. The third-order valence-electron chi connectivity index (χ3n) is 3.61. The molecule has 0 aliphatic carbocycles. The number of nitrogens with zero attached hydrogens (tertiary/aromatic N) is 5. The van der Waals surface area contributed by atoms with Gasteiger partial charge in [0, 0.05) is 11.4 Å². The molecule has 26 heavy (non-hydrogen) atoms. The minimum Gasteiger partial charge on any atom is -0.493 e. The van der Waals surface area contributed by atoms with E-state index in [-0.39, 0.29) is 5.82 Å². The van der Waals surface area contributed by atoms with Crippen molar-refractivity contribution < 1.29 is 14.3 Å². The van der Waals surface area contributed by atoms with Gasteiger partial charge in [0.1, 0.15) is 0 Å². The molecule has 0 aliphatic rings. The van der Waals surface area contributed by atoms with Gasteiger partial charge in [0.15, 0.2) is 11.5 Å². The summed E-state index contributed by atoms with van der Waals surface area (Å²) in [6, 6.07) is 7.14. The van der Waals surface area contributed by atoms with Gasteiger partial charge < -0.3 is 9.47 Å². The number of amides is 1. The Hall–Kier alpha value is -3.49. The maximum atomic E-state index is 12.2. The van der Waals surface area contributed by atoms with Gasteiger partial charge in [-0.3, -0.25) is 4.79 Å². The fourth-order valence-corrected chi connectivity index (χ4v) is 2.41. The zero-order valence-corrected chi connectivity index (χ0v) is 14.8. The quantitative estimate of drug-likeness (QED) is 0.550. The number of carbonyl (C=O) groups is 1. The van der Waals surface area contributed by atoms with Crippen molar-refractivity contribution in [3.63, 3.8) is 0 Å². The number of fused-ring (bicyclic) bond motifs is 1. The Balaban J connectivity index is 1.74. The molecule has 3 rings (SSSR count). The van der Waals surface area contributed by atoms with Crippen LogP contribution in [0.4, 0.5) is 0 Å². The summed E-state index contributed by atoms with van der Waals surface area (Å²) in [4.78, 5) is 20.6. The molecular weight excluding hydrogens is 336 g/mol. The lowest BCUT2D eigenvalue weighted by Gasteiger charge is -2.07. The number of hydrogen-bond donors (Lipinski definition) is 1. The molecule has 0 saturated heterocycles. The van der Waals surface area contributed by atoms with Crippen molar-refractivity contribution in [3.8, 4) is 11.5 Å². The van der Waals surface area contributed by atoms with Crippen molar-refractivity contribution in [2.24, 2.45) is 5.10 Å². The van der Waals surface area contributed by atoms with Gasteiger partial charge in [-0.2, -0.15) is 10.1 Å². The molecular formula is C17H18N6O3. The highest BCUT2D eigenvalue weighted by molar-refractivity contribution is 5.91. The number of methoxy groups -OCH3 is 2. The Morgan fingerprint density at radius 3 is 2.65 bits per heavy atom. The van der Waals surface area contributed by atoms with Gasteiger partial charge in [-0.05, 0) is 43.7 Å². The van der Waals surface area contributed by atoms with E-state index in [1.807, 2.05) is 19.9 Å². The number of ether oxygens (including phenoxy) is 2. The van der Waals surface area contributed by atoms with E-state index >= 15 is 0 Å². The molecule has 0 aliphatic heterocycles. The fourth-order valence-electron chi connectivity index (χ4n) is 2.41. The summed E-state index contributed by atoms with van der Waals surface area (Å²) in [5.74, 6) is 1.03. The van der Waals surface area contributed by atoms with Crippen LogP contribution in [0.15, 0.2) is 29.4 Å². The second-order valence-electron chi connectivity index (χ2n) is 5.50. The van der Waals surface area contributed by atoms with E-state index in [2.05, 4.69) is 25.6 Å². The van der Waals surface area contributed by atoms with Crippen LogP contribution in [0, 0.1) is 13.8 Å². The van der Waals surface area contributed by atoms with Gasteiger partial charge in [0.05, 0.1) is 20.4 Å². The monoisotopic (exact) mass is 354 g/mol. The minimum absolute atomic E-state index is 0.00402. The fraction of sp³-hybridized carbons (Fsp3) is 0.235. The molecule has 0 bridgehead atoms. The Morgan fingerprint density at radius 2 is 1.92 bits per heavy atom. The van der Waals surface area contributed by atoms with Gasteiger partial charge >= 0.3 is 5.91 Å². The first-order chi connectivity index (χ1) is 12.5. The van der Waals surface area contributed by atoms with Crippen LogP contribution in [-0.4, -0.2) is 45.9 Å². The first kappa shape index (κ1) is 17.3. The van der Waals surface area contributed by atoms with Gasteiger partial charge in [-0.25, -0.2) is 14.9 Å². The minimum atomic E-state index is -0.524. The highest BCUT2D eigenvalue weighted by Gasteiger charge is 2.14. The van der Waals surface area contributed by atoms with Crippen molar-refractivity contribution in [3.05, 3.63) is 47.0 Å². The smallest absolute Gasteiger partial charge is 0.311 e. The molecule has 3 aromatic rings. The van der Waals surface area contributed by atoms with E-state index in [0.717, 1.165) is 17.0 Å². The second-order valence-corrected chi connectivity index (χ2v) is 5.50. The van der Waals surface area contributed by atoms with Crippen molar-refractivity contribution >= 4 is 17.9 Å². The Morgan fingerprint density at radius 1 is 1.15 bits per heavy atom. The number of hydrogen-bond acceptors (Lipinski definition) is 7. The van der Waals surface area contributed by atoms with Crippen LogP contribution < -0.4 is 14.9 Å². The molecule has 0 unspecified atom stereocenters. The summed E-state index contributed by atoms with van der Waals surface area (Å²) in [6.07, 6.45) is 1.49. The number of aryl methyl sites for hydroxylation is 2. The predicted molar refractivity (Wildman–Crippen MR) is 94.9 cm³/mol. The van der Waals surface area contributed by atoms with Crippen molar-refractivity contribution in [1.82, 2.24) is 25.0 Å². The lowest BCUT2D eigenvalue weighted by Crippen LogP contribution is -2.19. The molecule has 0 atom stereocenters. The number of rotatable bonds is 5. The standard InChI is InChI=1S/C17H18N6O3/c1-10-7-11(2)23-17(19-10)20-15(22-23)16(24)21-18-9-12-5-6-13(25-3)14(8-12)26-4/h5-9H,1-4H3,(H,21,24). The maximum absolute atomic E-state index is 12.2. The Kier molecular flexibility index (Phi) is 4.78. The zero-order valence-electron chi connectivity index (χ0n) is 14.8. The van der Waals surface area contributed by atoms with Crippen molar-refractivity contribution in [2.45, 2.75) is 13.8 Å². The Bertz CT molecular complexity index is 996. The van der Waals surface area contributed by atoms with Gasteiger partial charge in [-0.15, -0.1) is 5.10 Å². The molecule has 9 nitrogen and oxygen atoms in total. The molecule has 2 aromatic heterocycles. The summed E-state index contributed by atoms with van der Waals surface area (Å²) in [5, 5.41) is 8.08. The summed E-state index contributed by atoms with van der Waals surface area (Å²) in [7, 11) is 3.11. The molecule has 1 aromatic carbocycles. The summed E-state index contributed by atoms with van der Waals surface area (Å²) < 4.78 is 11.9.